The Morgan fingerprint density at radius 2 is 2.20 bits per heavy atom. The largest absolute Gasteiger partial charge is 0.380 e. The molecule has 2 saturated heterocycles. The van der Waals surface area contributed by atoms with Gasteiger partial charge in [-0.2, -0.15) is 0 Å². The molecule has 0 aliphatic carbocycles. The number of rotatable bonds is 3. The van der Waals surface area contributed by atoms with Crippen molar-refractivity contribution in [2.75, 3.05) is 39.4 Å². The third kappa shape index (κ3) is 2.92. The number of nitrogens with zero attached hydrogens (tertiary/aromatic N) is 1. The second-order valence-corrected chi connectivity index (χ2v) is 4.91. The van der Waals surface area contributed by atoms with E-state index in [-0.39, 0.29) is 0 Å². The van der Waals surface area contributed by atoms with Crippen molar-refractivity contribution in [3.05, 3.63) is 0 Å². The summed E-state index contributed by atoms with van der Waals surface area (Å²) in [5.74, 6) is 0. The summed E-state index contributed by atoms with van der Waals surface area (Å²) >= 11 is 0. The van der Waals surface area contributed by atoms with Crippen LogP contribution in [0.3, 0.4) is 0 Å². The topological polar surface area (TPSA) is 24.5 Å². The normalized spacial score (nSPS) is 34.2. The number of hydrogen-bond acceptors (Lipinski definition) is 3. The van der Waals surface area contributed by atoms with Gasteiger partial charge in [0.05, 0.1) is 6.61 Å². The third-order valence-corrected chi connectivity index (χ3v) is 3.85. The molecule has 0 aromatic carbocycles. The van der Waals surface area contributed by atoms with Crippen molar-refractivity contribution in [3.8, 4) is 0 Å². The average molecular weight is 212 g/mol. The lowest BCUT2D eigenvalue weighted by Gasteiger charge is -2.34. The summed E-state index contributed by atoms with van der Waals surface area (Å²) < 4.78 is 5.49. The van der Waals surface area contributed by atoms with Gasteiger partial charge in [0.1, 0.15) is 0 Å². The highest BCUT2D eigenvalue weighted by Gasteiger charge is 2.33. The van der Waals surface area contributed by atoms with Crippen molar-refractivity contribution in [2.24, 2.45) is 0 Å². The quantitative estimate of drug-likeness (QED) is 0.762. The molecule has 0 spiro atoms. The Labute approximate surface area is 93.2 Å². The summed E-state index contributed by atoms with van der Waals surface area (Å²) in [7, 11) is 0. The zero-order chi connectivity index (χ0) is 10.6. The van der Waals surface area contributed by atoms with Gasteiger partial charge in [0.2, 0.25) is 0 Å². The zero-order valence-corrected chi connectivity index (χ0v) is 9.93. The first kappa shape index (κ1) is 11.4. The summed E-state index contributed by atoms with van der Waals surface area (Å²) in [4.78, 5) is 2.58. The minimum Gasteiger partial charge on any atom is -0.380 e. The molecule has 0 aromatic rings. The molecule has 0 saturated carbocycles. The lowest BCUT2D eigenvalue weighted by Crippen LogP contribution is -2.50. The van der Waals surface area contributed by atoms with Crippen LogP contribution in [0.25, 0.3) is 0 Å². The molecule has 1 unspecified atom stereocenters. The summed E-state index contributed by atoms with van der Waals surface area (Å²) in [6.45, 7) is 8.92. The number of ether oxygens (including phenoxy) is 1. The molecule has 15 heavy (non-hydrogen) atoms. The predicted octanol–water partition coefficient (Wildman–Crippen LogP) is 1.24. The molecule has 3 nitrogen and oxygen atoms in total. The van der Waals surface area contributed by atoms with Crippen molar-refractivity contribution in [3.63, 3.8) is 0 Å². The molecule has 0 amide bonds. The fourth-order valence-electron chi connectivity index (χ4n) is 2.80. The molecule has 2 aliphatic heterocycles. The van der Waals surface area contributed by atoms with Gasteiger partial charge >= 0.3 is 0 Å². The van der Waals surface area contributed by atoms with Crippen LogP contribution in [0.5, 0.6) is 0 Å². The Balaban J connectivity index is 1.87. The molecule has 2 aliphatic rings. The molecule has 0 aromatic heterocycles. The first-order chi connectivity index (χ1) is 7.35. The third-order valence-electron chi connectivity index (χ3n) is 3.85. The molecular weight excluding hydrogens is 188 g/mol. The molecule has 1 atom stereocenters. The van der Waals surface area contributed by atoms with Gasteiger partial charge in [-0.3, -0.25) is 4.90 Å². The lowest BCUT2D eigenvalue weighted by molar-refractivity contribution is 0.133. The molecule has 0 bridgehead atoms. The standard InChI is InChI=1S/C12H24N2O/c1-2-12(5-3-6-13-12)11-14-7-4-9-15-10-8-14/h13H,2-11H2,1H3. The van der Waals surface area contributed by atoms with Crippen LogP contribution in [0, 0.1) is 0 Å². The van der Waals surface area contributed by atoms with Crippen LogP contribution < -0.4 is 5.32 Å². The molecule has 2 fully saturated rings. The Morgan fingerprint density at radius 1 is 1.27 bits per heavy atom. The second-order valence-electron chi connectivity index (χ2n) is 4.91. The van der Waals surface area contributed by atoms with Gasteiger partial charge in [-0.05, 0) is 32.2 Å². The second kappa shape index (κ2) is 5.28. The smallest absolute Gasteiger partial charge is 0.0593 e. The van der Waals surface area contributed by atoms with Crippen LogP contribution in [0.1, 0.15) is 32.6 Å². The summed E-state index contributed by atoms with van der Waals surface area (Å²) in [6, 6.07) is 0. The van der Waals surface area contributed by atoms with Gasteiger partial charge in [0, 0.05) is 31.8 Å². The highest BCUT2D eigenvalue weighted by molar-refractivity contribution is 4.94. The first-order valence-corrected chi connectivity index (χ1v) is 6.40. The SMILES string of the molecule is CCC1(CN2CCCOCC2)CCCN1. The van der Waals surface area contributed by atoms with Gasteiger partial charge < -0.3 is 10.1 Å². The van der Waals surface area contributed by atoms with Crippen LogP contribution in [-0.2, 0) is 4.74 Å². The fraction of sp³-hybridized carbons (Fsp3) is 1.00. The highest BCUT2D eigenvalue weighted by atomic mass is 16.5. The van der Waals surface area contributed by atoms with Gasteiger partial charge in [0.25, 0.3) is 0 Å². The van der Waals surface area contributed by atoms with Crippen LogP contribution in [0.2, 0.25) is 0 Å². The summed E-state index contributed by atoms with van der Waals surface area (Å²) in [5.41, 5.74) is 0.407. The minimum atomic E-state index is 0.407. The van der Waals surface area contributed by atoms with Crippen molar-refractivity contribution in [2.45, 2.75) is 38.1 Å². The monoisotopic (exact) mass is 212 g/mol. The fourth-order valence-corrected chi connectivity index (χ4v) is 2.80. The van der Waals surface area contributed by atoms with Gasteiger partial charge in [0.15, 0.2) is 0 Å². The van der Waals surface area contributed by atoms with Crippen LogP contribution in [0.4, 0.5) is 0 Å². The zero-order valence-electron chi connectivity index (χ0n) is 9.93. The van der Waals surface area contributed by atoms with E-state index < -0.39 is 0 Å². The van der Waals surface area contributed by atoms with Crippen LogP contribution in [0.15, 0.2) is 0 Å². The molecule has 88 valence electrons. The minimum absolute atomic E-state index is 0.407. The van der Waals surface area contributed by atoms with Crippen molar-refractivity contribution < 1.29 is 4.74 Å². The Bertz CT molecular complexity index is 182. The maximum Gasteiger partial charge on any atom is 0.0593 e. The molecule has 3 heteroatoms. The number of nitrogens with one attached hydrogen (secondary N) is 1. The molecule has 1 N–H and O–H groups in total. The molecule has 0 radical (unpaired) electrons. The average Bonchev–Trinajstić information content (AvgIpc) is 2.57. The van der Waals surface area contributed by atoms with Gasteiger partial charge in [-0.15, -0.1) is 0 Å². The lowest BCUT2D eigenvalue weighted by atomic mass is 9.93. The van der Waals surface area contributed by atoms with Gasteiger partial charge in [-0.25, -0.2) is 0 Å². The maximum atomic E-state index is 5.49. The van der Waals surface area contributed by atoms with E-state index in [4.69, 9.17) is 4.74 Å². The molecule has 2 rings (SSSR count). The molecular formula is C12H24N2O. The van der Waals surface area contributed by atoms with E-state index in [1.54, 1.807) is 0 Å². The van der Waals surface area contributed by atoms with Crippen molar-refractivity contribution in [1.82, 2.24) is 10.2 Å². The van der Waals surface area contributed by atoms with Crippen molar-refractivity contribution in [1.29, 1.82) is 0 Å². The van der Waals surface area contributed by atoms with E-state index in [1.165, 1.54) is 45.3 Å². The van der Waals surface area contributed by atoms with Crippen LogP contribution in [-0.4, -0.2) is 49.8 Å². The van der Waals surface area contributed by atoms with E-state index in [2.05, 4.69) is 17.1 Å². The Kier molecular flexibility index (Phi) is 4.00. The maximum absolute atomic E-state index is 5.49. The Morgan fingerprint density at radius 3 is 2.93 bits per heavy atom. The Hall–Kier alpha value is -0.120. The van der Waals surface area contributed by atoms with E-state index in [9.17, 15) is 0 Å². The highest BCUT2D eigenvalue weighted by Crippen LogP contribution is 2.24. The van der Waals surface area contributed by atoms with Crippen LogP contribution >= 0.6 is 0 Å². The predicted molar refractivity (Wildman–Crippen MR) is 62.1 cm³/mol. The number of hydrogen-bond donors (Lipinski definition) is 1. The molecule has 2 heterocycles. The van der Waals surface area contributed by atoms with E-state index >= 15 is 0 Å². The first-order valence-electron chi connectivity index (χ1n) is 6.40. The van der Waals surface area contributed by atoms with Gasteiger partial charge in [-0.1, -0.05) is 6.92 Å². The van der Waals surface area contributed by atoms with Crippen molar-refractivity contribution >= 4 is 0 Å². The summed E-state index contributed by atoms with van der Waals surface area (Å²) in [6.07, 6.45) is 5.14. The summed E-state index contributed by atoms with van der Waals surface area (Å²) in [5, 5.41) is 3.70. The van der Waals surface area contributed by atoms with E-state index in [0.717, 1.165) is 19.8 Å². The van der Waals surface area contributed by atoms with E-state index in [0.29, 0.717) is 5.54 Å². The van der Waals surface area contributed by atoms with E-state index in [1.807, 2.05) is 0 Å².